The summed E-state index contributed by atoms with van der Waals surface area (Å²) >= 11 is 0. The predicted molar refractivity (Wildman–Crippen MR) is 127 cm³/mol. The highest BCUT2D eigenvalue weighted by Gasteiger charge is 2.24. The Morgan fingerprint density at radius 3 is 2.55 bits per heavy atom. The van der Waals surface area contributed by atoms with Gasteiger partial charge >= 0.3 is 0 Å². The second kappa shape index (κ2) is 11.2. The molecule has 170 valence electrons. The van der Waals surface area contributed by atoms with Crippen molar-refractivity contribution in [1.29, 1.82) is 0 Å². The average Bonchev–Trinajstić information content (AvgIpc) is 3.40. The van der Waals surface area contributed by atoms with Gasteiger partial charge in [-0.15, -0.1) is 0 Å². The smallest absolute Gasteiger partial charge is 0.191 e. The second-order valence-corrected chi connectivity index (χ2v) is 8.58. The molecule has 1 aliphatic rings. The van der Waals surface area contributed by atoms with E-state index in [2.05, 4.69) is 68.4 Å². The van der Waals surface area contributed by atoms with Crippen molar-refractivity contribution in [3.63, 3.8) is 0 Å². The first-order valence-electron chi connectivity index (χ1n) is 11.3. The van der Waals surface area contributed by atoms with Gasteiger partial charge in [-0.05, 0) is 69.5 Å². The van der Waals surface area contributed by atoms with Gasteiger partial charge in [-0.25, -0.2) is 0 Å². The number of ether oxygens (including phenoxy) is 1. The van der Waals surface area contributed by atoms with Crippen molar-refractivity contribution in [1.82, 2.24) is 25.3 Å². The molecule has 1 aromatic carbocycles. The van der Waals surface area contributed by atoms with E-state index in [0.29, 0.717) is 12.0 Å². The molecule has 0 aliphatic carbocycles. The Bertz CT molecular complexity index is 856. The molecule has 7 nitrogen and oxygen atoms in total. The highest BCUT2D eigenvalue weighted by atomic mass is 16.5. The number of nitrogens with zero attached hydrogens (tertiary/aromatic N) is 4. The number of guanidine groups is 1. The van der Waals surface area contributed by atoms with Gasteiger partial charge in [-0.2, -0.15) is 5.10 Å². The molecule has 0 spiro atoms. The van der Waals surface area contributed by atoms with Crippen LogP contribution in [-0.2, 0) is 6.54 Å². The van der Waals surface area contributed by atoms with E-state index in [1.54, 1.807) is 7.11 Å². The zero-order chi connectivity index (χ0) is 22.2. The Kier molecular flexibility index (Phi) is 8.35. The number of aryl methyl sites for hydroxylation is 2. The van der Waals surface area contributed by atoms with E-state index in [1.807, 2.05) is 20.0 Å². The van der Waals surface area contributed by atoms with Crippen LogP contribution in [0, 0.1) is 19.8 Å². The summed E-state index contributed by atoms with van der Waals surface area (Å²) in [6, 6.07) is 10.8. The summed E-state index contributed by atoms with van der Waals surface area (Å²) in [5.41, 5.74) is 3.56. The number of methoxy groups -OCH3 is 1. The predicted octanol–water partition coefficient (Wildman–Crippen LogP) is 3.15. The van der Waals surface area contributed by atoms with Crippen LogP contribution < -0.4 is 15.4 Å². The molecule has 31 heavy (non-hydrogen) atoms. The molecule has 2 N–H and O–H groups in total. The Morgan fingerprint density at radius 2 is 1.90 bits per heavy atom. The fourth-order valence-corrected chi connectivity index (χ4v) is 4.26. The molecule has 7 heteroatoms. The maximum atomic E-state index is 5.46. The van der Waals surface area contributed by atoms with E-state index in [4.69, 9.17) is 4.74 Å². The van der Waals surface area contributed by atoms with Crippen LogP contribution in [-0.4, -0.2) is 61.0 Å². The highest BCUT2D eigenvalue weighted by Crippen LogP contribution is 2.27. The van der Waals surface area contributed by atoms with Gasteiger partial charge in [0.2, 0.25) is 0 Å². The molecular weight excluding hydrogens is 388 g/mol. The Balaban J connectivity index is 1.56. The summed E-state index contributed by atoms with van der Waals surface area (Å²) in [6.07, 6.45) is 2.52. The standard InChI is InChI=1S/C24H38N6O/c1-18(17-30-20(3)13-19(2)28-30)15-26-24(25-4)27-16-23(29-11-6-7-12-29)21-9-8-10-22(14-21)31-5/h8-10,13-14,18,23H,6-7,11-12,15-17H2,1-5H3,(H2,25,26,27). The number of nitrogens with one attached hydrogen (secondary N) is 2. The first-order chi connectivity index (χ1) is 15.0. The lowest BCUT2D eigenvalue weighted by Gasteiger charge is -2.29. The molecule has 2 atom stereocenters. The number of likely N-dealkylation sites (tertiary alicyclic amines) is 1. The van der Waals surface area contributed by atoms with Gasteiger partial charge in [0, 0.05) is 32.4 Å². The van der Waals surface area contributed by atoms with E-state index in [1.165, 1.54) is 24.1 Å². The lowest BCUT2D eigenvalue weighted by molar-refractivity contribution is 0.245. The van der Waals surface area contributed by atoms with Crippen LogP contribution in [0.5, 0.6) is 5.75 Å². The molecular formula is C24H38N6O. The number of aromatic nitrogens is 2. The minimum Gasteiger partial charge on any atom is -0.497 e. The number of aliphatic imine (C=N–C) groups is 1. The van der Waals surface area contributed by atoms with Gasteiger partial charge in [0.25, 0.3) is 0 Å². The molecule has 1 aliphatic heterocycles. The summed E-state index contributed by atoms with van der Waals surface area (Å²) in [5, 5.41) is 11.6. The average molecular weight is 427 g/mol. The monoisotopic (exact) mass is 426 g/mol. The highest BCUT2D eigenvalue weighted by molar-refractivity contribution is 5.79. The van der Waals surface area contributed by atoms with E-state index < -0.39 is 0 Å². The Hall–Kier alpha value is -2.54. The molecule has 0 radical (unpaired) electrons. The number of hydrogen-bond acceptors (Lipinski definition) is 4. The molecule has 1 saturated heterocycles. The summed E-state index contributed by atoms with van der Waals surface area (Å²) in [6.45, 7) is 11.2. The number of rotatable bonds is 9. The summed E-state index contributed by atoms with van der Waals surface area (Å²) < 4.78 is 7.54. The zero-order valence-corrected chi connectivity index (χ0v) is 19.7. The van der Waals surface area contributed by atoms with Gasteiger partial charge < -0.3 is 15.4 Å². The first kappa shape index (κ1) is 23.1. The quantitative estimate of drug-likeness (QED) is 0.476. The van der Waals surface area contributed by atoms with E-state index >= 15 is 0 Å². The molecule has 1 fully saturated rings. The van der Waals surface area contributed by atoms with Crippen molar-refractivity contribution < 1.29 is 4.74 Å². The van der Waals surface area contributed by atoms with Crippen LogP contribution in [0.4, 0.5) is 0 Å². The van der Waals surface area contributed by atoms with Crippen LogP contribution in [0.2, 0.25) is 0 Å². The largest absolute Gasteiger partial charge is 0.497 e. The number of benzene rings is 1. The van der Waals surface area contributed by atoms with Crippen LogP contribution in [0.15, 0.2) is 35.3 Å². The molecule has 0 saturated carbocycles. The number of hydrogen-bond donors (Lipinski definition) is 2. The minimum atomic E-state index is 0.295. The SMILES string of the molecule is CN=C(NCC(C)Cn1nc(C)cc1C)NCC(c1cccc(OC)c1)N1CCCC1. The van der Waals surface area contributed by atoms with Crippen molar-refractivity contribution in [3.8, 4) is 5.75 Å². The molecule has 2 heterocycles. The van der Waals surface area contributed by atoms with Gasteiger partial charge in [0.1, 0.15) is 5.75 Å². The summed E-state index contributed by atoms with van der Waals surface area (Å²) in [5.74, 6) is 2.18. The van der Waals surface area contributed by atoms with Crippen LogP contribution in [0.1, 0.15) is 42.8 Å². The third-order valence-electron chi connectivity index (χ3n) is 5.95. The topological polar surface area (TPSA) is 66.7 Å². The van der Waals surface area contributed by atoms with Crippen molar-refractivity contribution in [3.05, 3.63) is 47.3 Å². The van der Waals surface area contributed by atoms with E-state index in [-0.39, 0.29) is 0 Å². The minimum absolute atomic E-state index is 0.295. The lowest BCUT2D eigenvalue weighted by Crippen LogP contribution is -2.44. The maximum absolute atomic E-state index is 5.46. The van der Waals surface area contributed by atoms with Crippen LogP contribution >= 0.6 is 0 Å². The second-order valence-electron chi connectivity index (χ2n) is 8.58. The third kappa shape index (κ3) is 6.47. The molecule has 2 unspecified atom stereocenters. The van der Waals surface area contributed by atoms with Gasteiger partial charge in [-0.3, -0.25) is 14.6 Å². The zero-order valence-electron chi connectivity index (χ0n) is 19.7. The van der Waals surface area contributed by atoms with Crippen molar-refractivity contribution >= 4 is 5.96 Å². The first-order valence-corrected chi connectivity index (χ1v) is 11.3. The van der Waals surface area contributed by atoms with Gasteiger partial charge in [-0.1, -0.05) is 19.1 Å². The van der Waals surface area contributed by atoms with Crippen molar-refractivity contribution in [2.45, 2.75) is 46.2 Å². The molecule has 3 rings (SSSR count). The lowest BCUT2D eigenvalue weighted by atomic mass is 10.1. The fourth-order valence-electron chi connectivity index (χ4n) is 4.26. The molecule has 0 bridgehead atoms. The molecule has 2 aromatic rings. The maximum Gasteiger partial charge on any atom is 0.191 e. The summed E-state index contributed by atoms with van der Waals surface area (Å²) in [4.78, 5) is 7.00. The molecule has 1 aromatic heterocycles. The molecule has 0 amide bonds. The Labute approximate surface area is 186 Å². The van der Waals surface area contributed by atoms with Crippen molar-refractivity contribution in [2.24, 2.45) is 10.9 Å². The van der Waals surface area contributed by atoms with Gasteiger partial charge in [0.15, 0.2) is 5.96 Å². The fraction of sp³-hybridized carbons (Fsp3) is 0.583. The Morgan fingerprint density at radius 1 is 1.16 bits per heavy atom. The van der Waals surface area contributed by atoms with Crippen molar-refractivity contribution in [2.75, 3.05) is 40.3 Å². The van der Waals surface area contributed by atoms with Crippen LogP contribution in [0.25, 0.3) is 0 Å². The van der Waals surface area contributed by atoms with E-state index in [0.717, 1.165) is 50.1 Å². The third-order valence-corrected chi connectivity index (χ3v) is 5.95. The summed E-state index contributed by atoms with van der Waals surface area (Å²) in [7, 11) is 3.55. The normalized spacial score (nSPS) is 16.9. The van der Waals surface area contributed by atoms with Gasteiger partial charge in [0.05, 0.1) is 18.8 Å². The van der Waals surface area contributed by atoms with Crippen LogP contribution in [0.3, 0.4) is 0 Å². The van der Waals surface area contributed by atoms with E-state index in [9.17, 15) is 0 Å².